The van der Waals surface area contributed by atoms with E-state index >= 15 is 0 Å². The van der Waals surface area contributed by atoms with E-state index in [0.717, 1.165) is 0 Å². The highest BCUT2D eigenvalue weighted by molar-refractivity contribution is 7.98. The van der Waals surface area contributed by atoms with Gasteiger partial charge in [0.25, 0.3) is 0 Å². The van der Waals surface area contributed by atoms with E-state index in [0.29, 0.717) is 17.9 Å². The van der Waals surface area contributed by atoms with Crippen LogP contribution in [-0.2, 0) is 4.79 Å². The molecule has 0 radical (unpaired) electrons. The van der Waals surface area contributed by atoms with Gasteiger partial charge in [-0.1, -0.05) is 18.2 Å². The normalized spacial score (nSPS) is 11.6. The number of aliphatic carboxylic acids is 1. The maximum Gasteiger partial charge on any atom is 0.413 e. The average Bonchev–Trinajstić information content (AvgIpc) is 2.35. The number of thioether (sulfide) groups is 1. The second kappa shape index (κ2) is 7.60. The number of amides is 1. The van der Waals surface area contributed by atoms with Crippen molar-refractivity contribution in [3.05, 3.63) is 30.3 Å². The van der Waals surface area contributed by atoms with Crippen LogP contribution in [0.3, 0.4) is 0 Å². The summed E-state index contributed by atoms with van der Waals surface area (Å²) in [5.41, 5.74) is 0. The Hall–Kier alpha value is -1.69. The largest absolute Gasteiger partial charge is 0.480 e. The zero-order chi connectivity index (χ0) is 13.4. The molecule has 0 bridgehead atoms. The lowest BCUT2D eigenvalue weighted by Gasteiger charge is -2.13. The highest BCUT2D eigenvalue weighted by Crippen LogP contribution is 2.09. The van der Waals surface area contributed by atoms with Crippen LogP contribution in [0.1, 0.15) is 6.42 Å². The lowest BCUT2D eigenvalue weighted by molar-refractivity contribution is -0.139. The van der Waals surface area contributed by atoms with Crippen LogP contribution in [0.2, 0.25) is 0 Å². The van der Waals surface area contributed by atoms with Crippen LogP contribution in [0.15, 0.2) is 30.3 Å². The summed E-state index contributed by atoms with van der Waals surface area (Å²) in [7, 11) is 0. The molecule has 1 aromatic rings. The Morgan fingerprint density at radius 2 is 2.06 bits per heavy atom. The van der Waals surface area contributed by atoms with E-state index in [-0.39, 0.29) is 0 Å². The minimum Gasteiger partial charge on any atom is -0.480 e. The second-order valence-corrected chi connectivity index (χ2v) is 4.50. The highest BCUT2D eigenvalue weighted by Gasteiger charge is 2.20. The molecule has 0 saturated heterocycles. The molecule has 0 aliphatic carbocycles. The third-order valence-electron chi connectivity index (χ3n) is 2.15. The average molecular weight is 269 g/mol. The number of benzene rings is 1. The first-order chi connectivity index (χ1) is 8.63. The minimum atomic E-state index is -1.06. The zero-order valence-electron chi connectivity index (χ0n) is 9.96. The van der Waals surface area contributed by atoms with Gasteiger partial charge in [-0.05, 0) is 30.6 Å². The Labute approximate surface area is 110 Å². The first-order valence-corrected chi connectivity index (χ1v) is 6.78. The molecular formula is C12H15NO4S. The number of carbonyl (C=O) groups excluding carboxylic acids is 1. The molecule has 0 heterocycles. The number of hydrogen-bond donors (Lipinski definition) is 2. The summed E-state index contributed by atoms with van der Waals surface area (Å²) in [6.07, 6.45) is 1.48. The van der Waals surface area contributed by atoms with Crippen molar-refractivity contribution in [1.82, 2.24) is 5.32 Å². The Balaban J connectivity index is 2.48. The van der Waals surface area contributed by atoms with Crippen LogP contribution in [-0.4, -0.2) is 35.2 Å². The van der Waals surface area contributed by atoms with Crippen LogP contribution in [0.5, 0.6) is 5.75 Å². The van der Waals surface area contributed by atoms with Crippen molar-refractivity contribution in [3.63, 3.8) is 0 Å². The number of para-hydroxylation sites is 1. The predicted octanol–water partition coefficient (Wildman–Crippen LogP) is 1.98. The van der Waals surface area contributed by atoms with Crippen molar-refractivity contribution in [2.24, 2.45) is 0 Å². The van der Waals surface area contributed by atoms with E-state index in [1.165, 1.54) is 11.8 Å². The summed E-state index contributed by atoms with van der Waals surface area (Å²) in [4.78, 5) is 22.4. The molecule has 98 valence electrons. The molecule has 0 fully saturated rings. The Kier molecular flexibility index (Phi) is 6.07. The van der Waals surface area contributed by atoms with Crippen molar-refractivity contribution < 1.29 is 19.4 Å². The monoisotopic (exact) mass is 269 g/mol. The first-order valence-electron chi connectivity index (χ1n) is 5.38. The van der Waals surface area contributed by atoms with Crippen LogP contribution >= 0.6 is 11.8 Å². The van der Waals surface area contributed by atoms with Gasteiger partial charge in [0, 0.05) is 0 Å². The van der Waals surface area contributed by atoms with E-state index in [1.54, 1.807) is 30.3 Å². The van der Waals surface area contributed by atoms with Gasteiger partial charge < -0.3 is 15.2 Å². The molecule has 0 spiro atoms. The fraction of sp³-hybridized carbons (Fsp3) is 0.333. The molecule has 0 aliphatic rings. The molecule has 1 unspecified atom stereocenters. The number of hydrogen-bond acceptors (Lipinski definition) is 4. The summed E-state index contributed by atoms with van der Waals surface area (Å²) >= 11 is 1.52. The van der Waals surface area contributed by atoms with Crippen LogP contribution in [0, 0.1) is 0 Å². The van der Waals surface area contributed by atoms with Gasteiger partial charge >= 0.3 is 12.1 Å². The SMILES string of the molecule is CSCCC(NC(=O)Oc1ccccc1)C(=O)O. The Morgan fingerprint density at radius 3 is 2.61 bits per heavy atom. The molecule has 0 aliphatic heterocycles. The van der Waals surface area contributed by atoms with Crippen molar-refractivity contribution >= 4 is 23.8 Å². The van der Waals surface area contributed by atoms with Crippen LogP contribution in [0.4, 0.5) is 4.79 Å². The van der Waals surface area contributed by atoms with Crippen LogP contribution in [0.25, 0.3) is 0 Å². The van der Waals surface area contributed by atoms with Gasteiger partial charge in [-0.15, -0.1) is 0 Å². The first kappa shape index (κ1) is 14.4. The summed E-state index contributed by atoms with van der Waals surface area (Å²) in [5.74, 6) is -0.0270. The van der Waals surface area contributed by atoms with Gasteiger partial charge in [-0.2, -0.15) is 11.8 Å². The summed E-state index contributed by atoms with van der Waals surface area (Å²) in [6, 6.07) is 7.57. The van der Waals surface area contributed by atoms with Crippen molar-refractivity contribution in [3.8, 4) is 5.75 Å². The maximum atomic E-state index is 11.5. The second-order valence-electron chi connectivity index (χ2n) is 3.52. The number of carbonyl (C=O) groups is 2. The molecule has 1 atom stereocenters. The van der Waals surface area contributed by atoms with Gasteiger partial charge in [0.15, 0.2) is 0 Å². The molecule has 5 nitrogen and oxygen atoms in total. The van der Waals surface area contributed by atoms with Crippen molar-refractivity contribution in [1.29, 1.82) is 0 Å². The zero-order valence-corrected chi connectivity index (χ0v) is 10.8. The van der Waals surface area contributed by atoms with Crippen molar-refractivity contribution in [2.75, 3.05) is 12.0 Å². The molecule has 18 heavy (non-hydrogen) atoms. The quantitative estimate of drug-likeness (QED) is 0.826. The number of carboxylic acid groups (broad SMARTS) is 1. The van der Waals surface area contributed by atoms with Gasteiger partial charge in [-0.25, -0.2) is 9.59 Å². The molecule has 2 N–H and O–H groups in total. The molecule has 0 saturated carbocycles. The standard InChI is InChI=1S/C12H15NO4S/c1-18-8-7-10(11(14)15)13-12(16)17-9-5-3-2-4-6-9/h2-6,10H,7-8H2,1H3,(H,13,16)(H,14,15). The molecule has 1 aromatic carbocycles. The van der Waals surface area contributed by atoms with E-state index in [4.69, 9.17) is 9.84 Å². The van der Waals surface area contributed by atoms with Gasteiger partial charge in [0.05, 0.1) is 0 Å². The maximum absolute atomic E-state index is 11.5. The minimum absolute atomic E-state index is 0.361. The molecule has 0 aromatic heterocycles. The fourth-order valence-corrected chi connectivity index (χ4v) is 1.73. The molecule has 1 rings (SSSR count). The van der Waals surface area contributed by atoms with Crippen molar-refractivity contribution in [2.45, 2.75) is 12.5 Å². The highest BCUT2D eigenvalue weighted by atomic mass is 32.2. The topological polar surface area (TPSA) is 75.6 Å². The summed E-state index contributed by atoms with van der Waals surface area (Å²) < 4.78 is 4.95. The number of ether oxygens (including phenoxy) is 1. The van der Waals surface area contributed by atoms with E-state index in [9.17, 15) is 9.59 Å². The summed E-state index contributed by atoms with van der Waals surface area (Å²) in [5, 5.41) is 11.3. The van der Waals surface area contributed by atoms with E-state index < -0.39 is 18.1 Å². The number of carboxylic acids is 1. The Morgan fingerprint density at radius 1 is 1.39 bits per heavy atom. The number of rotatable bonds is 6. The molecule has 6 heteroatoms. The molecule has 1 amide bonds. The predicted molar refractivity (Wildman–Crippen MR) is 70.0 cm³/mol. The third-order valence-corrected chi connectivity index (χ3v) is 2.80. The van der Waals surface area contributed by atoms with Gasteiger partial charge in [-0.3, -0.25) is 0 Å². The Bertz CT molecular complexity index is 396. The third kappa shape index (κ3) is 5.09. The van der Waals surface area contributed by atoms with Crippen LogP contribution < -0.4 is 10.1 Å². The van der Waals surface area contributed by atoms with Gasteiger partial charge in [0.2, 0.25) is 0 Å². The smallest absolute Gasteiger partial charge is 0.413 e. The lowest BCUT2D eigenvalue weighted by Crippen LogP contribution is -2.42. The number of nitrogens with one attached hydrogen (secondary N) is 1. The summed E-state index contributed by atoms with van der Waals surface area (Å²) in [6.45, 7) is 0. The lowest BCUT2D eigenvalue weighted by atomic mass is 10.2. The molecular weight excluding hydrogens is 254 g/mol. The van der Waals surface area contributed by atoms with E-state index in [2.05, 4.69) is 5.32 Å². The van der Waals surface area contributed by atoms with Gasteiger partial charge in [0.1, 0.15) is 11.8 Å². The fourth-order valence-electron chi connectivity index (χ4n) is 1.26. The van der Waals surface area contributed by atoms with E-state index in [1.807, 2.05) is 6.26 Å².